The Bertz CT molecular complexity index is 1370. The number of nitrogens with one attached hydrogen (secondary N) is 1. The second-order valence-corrected chi connectivity index (χ2v) is 18.2. The third-order valence-electron chi connectivity index (χ3n) is 11.8. The predicted molar refractivity (Wildman–Crippen MR) is 299 cm³/mol. The summed E-state index contributed by atoms with van der Waals surface area (Å²) in [4.78, 5) is 12.4. The van der Waals surface area contributed by atoms with Crippen molar-refractivity contribution >= 4 is 5.91 Å². The lowest BCUT2D eigenvalue weighted by atomic mass is 10.0. The molecule has 0 radical (unpaired) electrons. The Hall–Kier alpha value is -3.47. The second-order valence-electron chi connectivity index (χ2n) is 18.2. The largest absolute Gasteiger partial charge is 0.394 e. The minimum atomic E-state index is -0.900. The van der Waals surface area contributed by atoms with Crippen molar-refractivity contribution < 1.29 is 15.0 Å². The number of carbonyl (C=O) groups is 1. The van der Waals surface area contributed by atoms with Gasteiger partial charge in [0.05, 0.1) is 18.8 Å². The van der Waals surface area contributed by atoms with Crippen molar-refractivity contribution in [3.05, 3.63) is 134 Å². The molecule has 0 saturated heterocycles. The first kappa shape index (κ1) is 63.5. The van der Waals surface area contributed by atoms with Gasteiger partial charge in [0, 0.05) is 6.42 Å². The van der Waals surface area contributed by atoms with Crippen LogP contribution in [0.3, 0.4) is 0 Å². The van der Waals surface area contributed by atoms with Crippen molar-refractivity contribution in [3.8, 4) is 0 Å². The topological polar surface area (TPSA) is 69.6 Å². The normalized spacial score (nSPS) is 13.9. The highest BCUT2D eigenvalue weighted by molar-refractivity contribution is 5.76. The first-order valence-electron chi connectivity index (χ1n) is 27.9. The molecule has 0 aliphatic heterocycles. The second kappa shape index (κ2) is 56.9. The van der Waals surface area contributed by atoms with Crippen LogP contribution in [0.25, 0.3) is 0 Å². The molecule has 2 atom stereocenters. The average Bonchev–Trinajstić information content (AvgIpc) is 3.33. The molecule has 380 valence electrons. The number of unbranched alkanes of at least 4 members (excludes halogenated alkanes) is 22. The van der Waals surface area contributed by atoms with Crippen LogP contribution in [0.1, 0.15) is 239 Å². The molecule has 0 heterocycles. The van der Waals surface area contributed by atoms with Crippen LogP contribution in [0.4, 0.5) is 0 Å². The van der Waals surface area contributed by atoms with Gasteiger partial charge in [-0.3, -0.25) is 4.79 Å². The Morgan fingerprint density at radius 3 is 1.04 bits per heavy atom. The fourth-order valence-corrected chi connectivity index (χ4v) is 7.64. The summed E-state index contributed by atoms with van der Waals surface area (Å²) in [6, 6.07) is -0.681. The van der Waals surface area contributed by atoms with E-state index in [1.54, 1.807) is 6.08 Å². The molecule has 1 amide bonds. The van der Waals surface area contributed by atoms with Crippen molar-refractivity contribution in [1.82, 2.24) is 5.32 Å². The first-order valence-corrected chi connectivity index (χ1v) is 27.9. The Morgan fingerprint density at radius 2 is 0.672 bits per heavy atom. The van der Waals surface area contributed by atoms with Crippen molar-refractivity contribution in [1.29, 1.82) is 0 Å². The summed E-state index contributed by atoms with van der Waals surface area (Å²) in [6.07, 6.45) is 88.9. The Labute approximate surface area is 415 Å². The smallest absolute Gasteiger partial charge is 0.220 e. The zero-order valence-electron chi connectivity index (χ0n) is 43.6. The van der Waals surface area contributed by atoms with Gasteiger partial charge in [0.15, 0.2) is 0 Å². The van der Waals surface area contributed by atoms with Gasteiger partial charge in [-0.25, -0.2) is 0 Å². The molecule has 0 aromatic carbocycles. The lowest BCUT2D eigenvalue weighted by Crippen LogP contribution is -2.45. The maximum atomic E-state index is 12.4. The summed E-state index contributed by atoms with van der Waals surface area (Å²) in [7, 11) is 0. The van der Waals surface area contributed by atoms with Crippen molar-refractivity contribution in [2.24, 2.45) is 0 Å². The molecule has 0 aliphatic carbocycles. The number of allylic oxidation sites excluding steroid dienone is 21. The Kier molecular flexibility index (Phi) is 53.9. The van der Waals surface area contributed by atoms with Gasteiger partial charge in [-0.2, -0.15) is 0 Å². The molecular formula is C63H105NO3. The first-order chi connectivity index (χ1) is 33.2. The molecule has 0 aliphatic rings. The monoisotopic (exact) mass is 924 g/mol. The summed E-state index contributed by atoms with van der Waals surface area (Å²) in [5.74, 6) is -0.125. The molecule has 2 unspecified atom stereocenters. The van der Waals surface area contributed by atoms with E-state index in [0.29, 0.717) is 6.42 Å². The quantitative estimate of drug-likeness (QED) is 0.0421. The summed E-state index contributed by atoms with van der Waals surface area (Å²) in [5.41, 5.74) is 0. The zero-order valence-corrected chi connectivity index (χ0v) is 43.6. The summed E-state index contributed by atoms with van der Waals surface area (Å²) in [5, 5.41) is 23.1. The van der Waals surface area contributed by atoms with E-state index in [2.05, 4.69) is 141 Å². The molecule has 0 fully saturated rings. The minimum Gasteiger partial charge on any atom is -0.394 e. The standard InChI is InChI=1S/C63H105NO3/c1-3-5-7-9-11-13-15-17-19-21-23-25-27-29-31-33-34-36-38-40-42-44-46-48-50-52-54-56-58-62(66)61(60-65)64-63(67)59-57-55-53-51-49-47-45-43-41-39-37-35-32-30-28-26-24-22-20-18-16-14-12-10-8-6-4-2/h6,8,12,14,18,20,24,26,30,32,37,39-40,42-43,45,48-51,56,58,61-62,65-66H,3-5,7,9-11,13,15-17,19,21-23,25,27-29,31,33-36,38,41,44,46-47,52-55,57,59-60H2,1-2H3,(H,64,67)/b8-6-,14-12-,20-18-,26-24-,32-30-,39-37-,42-40+,45-43-,50-48+,51-49-,58-56+. The molecule has 0 aromatic rings. The summed E-state index contributed by atoms with van der Waals surface area (Å²) < 4.78 is 0. The number of rotatable bonds is 49. The SMILES string of the molecule is CC/C=C\C/C=C\C/C=C\C/C=C\C/C=C\C/C=C\C/C=C\C/C=C\CCCCC(=O)NC(CO)C(O)/C=C/CC/C=C/CC/C=C/CCCCCCCCCCCCCCCCCCCC. The highest BCUT2D eigenvalue weighted by Crippen LogP contribution is 2.15. The molecule has 0 rings (SSSR count). The van der Waals surface area contributed by atoms with Gasteiger partial charge in [0.25, 0.3) is 0 Å². The number of aliphatic hydroxyl groups is 2. The van der Waals surface area contributed by atoms with E-state index in [9.17, 15) is 15.0 Å². The minimum absolute atomic E-state index is 0.125. The van der Waals surface area contributed by atoms with E-state index >= 15 is 0 Å². The van der Waals surface area contributed by atoms with E-state index in [0.717, 1.165) is 96.3 Å². The zero-order chi connectivity index (χ0) is 48.5. The molecule has 67 heavy (non-hydrogen) atoms. The highest BCUT2D eigenvalue weighted by atomic mass is 16.3. The lowest BCUT2D eigenvalue weighted by Gasteiger charge is -2.19. The Balaban J connectivity index is 3.72. The van der Waals surface area contributed by atoms with Crippen LogP contribution in [0, 0.1) is 0 Å². The van der Waals surface area contributed by atoms with Gasteiger partial charge in [-0.1, -0.05) is 257 Å². The van der Waals surface area contributed by atoms with Crippen LogP contribution in [0.5, 0.6) is 0 Å². The van der Waals surface area contributed by atoms with Crippen molar-refractivity contribution in [2.45, 2.75) is 251 Å². The molecule has 0 bridgehead atoms. The van der Waals surface area contributed by atoms with E-state index in [-0.39, 0.29) is 12.5 Å². The maximum Gasteiger partial charge on any atom is 0.220 e. The van der Waals surface area contributed by atoms with Gasteiger partial charge in [0.1, 0.15) is 0 Å². The van der Waals surface area contributed by atoms with Crippen molar-refractivity contribution in [2.75, 3.05) is 6.61 Å². The Morgan fingerprint density at radius 1 is 0.373 bits per heavy atom. The maximum absolute atomic E-state index is 12.4. The van der Waals surface area contributed by atoms with E-state index in [4.69, 9.17) is 0 Å². The average molecular weight is 925 g/mol. The van der Waals surface area contributed by atoms with E-state index in [1.165, 1.54) is 122 Å². The summed E-state index contributed by atoms with van der Waals surface area (Å²) in [6.45, 7) is 4.16. The van der Waals surface area contributed by atoms with Gasteiger partial charge in [0.2, 0.25) is 5.91 Å². The van der Waals surface area contributed by atoms with Crippen molar-refractivity contribution in [3.63, 3.8) is 0 Å². The molecule has 3 N–H and O–H groups in total. The number of amides is 1. The van der Waals surface area contributed by atoms with Gasteiger partial charge < -0.3 is 15.5 Å². The van der Waals surface area contributed by atoms with Crippen LogP contribution < -0.4 is 5.32 Å². The van der Waals surface area contributed by atoms with Crippen LogP contribution in [-0.2, 0) is 4.79 Å². The fraction of sp³-hybridized carbons (Fsp3) is 0.635. The van der Waals surface area contributed by atoms with Gasteiger partial charge >= 0.3 is 0 Å². The van der Waals surface area contributed by atoms with Gasteiger partial charge in [-0.15, -0.1) is 0 Å². The van der Waals surface area contributed by atoms with E-state index in [1.807, 2.05) is 6.08 Å². The van der Waals surface area contributed by atoms with E-state index < -0.39 is 12.1 Å². The lowest BCUT2D eigenvalue weighted by molar-refractivity contribution is -0.123. The number of aliphatic hydroxyl groups excluding tert-OH is 2. The predicted octanol–water partition coefficient (Wildman–Crippen LogP) is 18.6. The molecular weight excluding hydrogens is 819 g/mol. The van der Waals surface area contributed by atoms with Crippen LogP contribution in [0.2, 0.25) is 0 Å². The number of hydrogen-bond donors (Lipinski definition) is 3. The van der Waals surface area contributed by atoms with Gasteiger partial charge in [-0.05, 0) is 109 Å². The third kappa shape index (κ3) is 53.4. The van der Waals surface area contributed by atoms with Crippen LogP contribution in [-0.4, -0.2) is 34.9 Å². The molecule has 0 spiro atoms. The molecule has 4 nitrogen and oxygen atoms in total. The molecule has 0 aromatic heterocycles. The fourth-order valence-electron chi connectivity index (χ4n) is 7.64. The highest BCUT2D eigenvalue weighted by Gasteiger charge is 2.17. The van der Waals surface area contributed by atoms with Crippen LogP contribution in [0.15, 0.2) is 134 Å². The number of hydrogen-bond acceptors (Lipinski definition) is 3. The third-order valence-corrected chi connectivity index (χ3v) is 11.8. The summed E-state index contributed by atoms with van der Waals surface area (Å²) >= 11 is 0. The number of carbonyl (C=O) groups excluding carboxylic acids is 1. The molecule has 4 heteroatoms. The molecule has 0 saturated carbocycles. The van der Waals surface area contributed by atoms with Crippen LogP contribution >= 0.6 is 0 Å².